The first-order chi connectivity index (χ1) is 8.67. The molecule has 0 bridgehead atoms. The molecule has 0 aromatic heterocycles. The Labute approximate surface area is 120 Å². The van der Waals surface area contributed by atoms with E-state index in [4.69, 9.17) is 23.2 Å². The van der Waals surface area contributed by atoms with Crippen LogP contribution in [0.2, 0.25) is 10.0 Å². The highest BCUT2D eigenvalue weighted by Crippen LogP contribution is 2.24. The molecule has 1 N–H and O–H groups in total. The normalized spacial score (nSPS) is 10.9. The van der Waals surface area contributed by atoms with Gasteiger partial charge in [-0.3, -0.25) is 0 Å². The van der Waals surface area contributed by atoms with E-state index in [0.29, 0.717) is 10.0 Å². The zero-order chi connectivity index (χ0) is 13.4. The third-order valence-corrected chi connectivity index (χ3v) is 3.30. The predicted molar refractivity (Wildman–Crippen MR) is 82.0 cm³/mol. The highest BCUT2D eigenvalue weighted by atomic mass is 35.5. The van der Waals surface area contributed by atoms with E-state index in [1.165, 1.54) is 12.8 Å². The Kier molecular flexibility index (Phi) is 7.48. The van der Waals surface area contributed by atoms with Gasteiger partial charge in [0.15, 0.2) is 0 Å². The molecule has 0 radical (unpaired) electrons. The molecular weight excluding hydrogens is 267 g/mol. The summed E-state index contributed by atoms with van der Waals surface area (Å²) in [4.78, 5) is 2.47. The molecule has 0 heterocycles. The van der Waals surface area contributed by atoms with E-state index in [1.807, 2.05) is 12.1 Å². The molecule has 1 aromatic rings. The minimum absolute atomic E-state index is 0.671. The Morgan fingerprint density at radius 1 is 1.06 bits per heavy atom. The van der Waals surface area contributed by atoms with Crippen molar-refractivity contribution < 1.29 is 0 Å². The van der Waals surface area contributed by atoms with Gasteiger partial charge in [-0.1, -0.05) is 37.0 Å². The molecule has 0 saturated heterocycles. The molecular formula is C14H22Cl2N2. The van der Waals surface area contributed by atoms with Gasteiger partial charge in [-0.25, -0.2) is 0 Å². The molecule has 2 nitrogen and oxygen atoms in total. The van der Waals surface area contributed by atoms with Gasteiger partial charge in [0.05, 0.1) is 10.7 Å². The van der Waals surface area contributed by atoms with Gasteiger partial charge in [0.1, 0.15) is 0 Å². The Balaban J connectivity index is 2.39. The van der Waals surface area contributed by atoms with Crippen LogP contribution >= 0.6 is 23.2 Å². The number of benzene rings is 1. The van der Waals surface area contributed by atoms with Gasteiger partial charge >= 0.3 is 0 Å². The van der Waals surface area contributed by atoms with Crippen LogP contribution in [-0.4, -0.2) is 31.1 Å². The lowest BCUT2D eigenvalue weighted by Gasteiger charge is -2.21. The lowest BCUT2D eigenvalue weighted by atomic mass is 10.3. The van der Waals surface area contributed by atoms with E-state index >= 15 is 0 Å². The quantitative estimate of drug-likeness (QED) is 0.756. The topological polar surface area (TPSA) is 15.3 Å². The third-order valence-electron chi connectivity index (χ3n) is 2.75. The van der Waals surface area contributed by atoms with Gasteiger partial charge in [0, 0.05) is 18.1 Å². The van der Waals surface area contributed by atoms with E-state index in [0.717, 1.165) is 31.9 Å². The summed E-state index contributed by atoms with van der Waals surface area (Å²) >= 11 is 12.0. The van der Waals surface area contributed by atoms with Crippen molar-refractivity contribution in [2.75, 3.05) is 31.5 Å². The van der Waals surface area contributed by atoms with Gasteiger partial charge in [-0.05, 0) is 44.1 Å². The van der Waals surface area contributed by atoms with Crippen LogP contribution in [0.5, 0.6) is 0 Å². The molecule has 0 atom stereocenters. The number of hydrogen-bond acceptors (Lipinski definition) is 2. The average Bonchev–Trinajstić information content (AvgIpc) is 2.32. The molecule has 0 aliphatic carbocycles. The third kappa shape index (κ3) is 5.47. The Hall–Kier alpha value is -0.440. The molecule has 0 spiro atoms. The minimum Gasteiger partial charge on any atom is -0.383 e. The van der Waals surface area contributed by atoms with Crippen molar-refractivity contribution in [1.29, 1.82) is 0 Å². The number of anilines is 1. The largest absolute Gasteiger partial charge is 0.383 e. The van der Waals surface area contributed by atoms with E-state index in [-0.39, 0.29) is 0 Å². The van der Waals surface area contributed by atoms with Gasteiger partial charge in [-0.2, -0.15) is 0 Å². The van der Waals surface area contributed by atoms with Gasteiger partial charge in [-0.15, -0.1) is 0 Å². The van der Waals surface area contributed by atoms with Crippen LogP contribution in [0, 0.1) is 0 Å². The fourth-order valence-electron chi connectivity index (χ4n) is 1.95. The standard InChI is InChI=1S/C14H22Cl2N2/c1-3-8-18(9-4-2)10-7-17-14-6-5-12(15)11-13(14)16/h5-6,11,17H,3-4,7-10H2,1-2H3. The average molecular weight is 289 g/mol. The smallest absolute Gasteiger partial charge is 0.0652 e. The molecule has 18 heavy (non-hydrogen) atoms. The number of nitrogens with zero attached hydrogens (tertiary/aromatic N) is 1. The fraction of sp³-hybridized carbons (Fsp3) is 0.571. The van der Waals surface area contributed by atoms with Crippen LogP contribution in [0.1, 0.15) is 26.7 Å². The lowest BCUT2D eigenvalue weighted by Crippen LogP contribution is -2.30. The zero-order valence-corrected chi connectivity index (χ0v) is 12.7. The summed E-state index contributed by atoms with van der Waals surface area (Å²) < 4.78 is 0. The van der Waals surface area contributed by atoms with Crippen LogP contribution in [-0.2, 0) is 0 Å². The van der Waals surface area contributed by atoms with Crippen molar-refractivity contribution in [3.05, 3.63) is 28.2 Å². The Bertz CT molecular complexity index is 350. The zero-order valence-electron chi connectivity index (χ0n) is 11.2. The summed E-state index contributed by atoms with van der Waals surface area (Å²) in [7, 11) is 0. The van der Waals surface area contributed by atoms with Crippen molar-refractivity contribution in [2.45, 2.75) is 26.7 Å². The SMILES string of the molecule is CCCN(CCC)CCNc1ccc(Cl)cc1Cl. The number of nitrogens with one attached hydrogen (secondary N) is 1. The van der Waals surface area contributed by atoms with E-state index in [9.17, 15) is 0 Å². The number of rotatable bonds is 8. The molecule has 0 aliphatic heterocycles. The van der Waals surface area contributed by atoms with Gasteiger partial charge < -0.3 is 10.2 Å². The highest BCUT2D eigenvalue weighted by Gasteiger charge is 2.03. The van der Waals surface area contributed by atoms with Crippen molar-refractivity contribution in [2.24, 2.45) is 0 Å². The molecule has 0 amide bonds. The molecule has 102 valence electrons. The number of hydrogen-bond donors (Lipinski definition) is 1. The van der Waals surface area contributed by atoms with Crippen molar-refractivity contribution in [1.82, 2.24) is 4.90 Å². The minimum atomic E-state index is 0.671. The van der Waals surface area contributed by atoms with Gasteiger partial charge in [0.25, 0.3) is 0 Å². The number of halogens is 2. The summed E-state index contributed by atoms with van der Waals surface area (Å²) in [5, 5.41) is 4.71. The molecule has 0 aliphatic rings. The van der Waals surface area contributed by atoms with Crippen LogP contribution in [0.3, 0.4) is 0 Å². The molecule has 0 fully saturated rings. The first-order valence-corrected chi connectivity index (χ1v) is 7.34. The van der Waals surface area contributed by atoms with Crippen LogP contribution in [0.4, 0.5) is 5.69 Å². The Morgan fingerprint density at radius 2 is 1.72 bits per heavy atom. The van der Waals surface area contributed by atoms with E-state index in [2.05, 4.69) is 24.1 Å². The maximum Gasteiger partial charge on any atom is 0.0652 e. The fourth-order valence-corrected chi connectivity index (χ4v) is 2.42. The van der Waals surface area contributed by atoms with Crippen molar-refractivity contribution >= 4 is 28.9 Å². The predicted octanol–water partition coefficient (Wildman–Crippen LogP) is 4.53. The Morgan fingerprint density at radius 3 is 2.28 bits per heavy atom. The second kappa shape index (κ2) is 8.63. The van der Waals surface area contributed by atoms with Crippen molar-refractivity contribution in [3.8, 4) is 0 Å². The molecule has 0 saturated carbocycles. The van der Waals surface area contributed by atoms with Crippen LogP contribution in [0.15, 0.2) is 18.2 Å². The maximum atomic E-state index is 6.11. The van der Waals surface area contributed by atoms with Gasteiger partial charge in [0.2, 0.25) is 0 Å². The summed E-state index contributed by atoms with van der Waals surface area (Å²) in [5.74, 6) is 0. The molecule has 4 heteroatoms. The molecule has 0 unspecified atom stereocenters. The monoisotopic (exact) mass is 288 g/mol. The summed E-state index contributed by atoms with van der Waals surface area (Å²) in [5.41, 5.74) is 0.953. The molecule has 1 aromatic carbocycles. The van der Waals surface area contributed by atoms with Crippen LogP contribution in [0.25, 0.3) is 0 Å². The lowest BCUT2D eigenvalue weighted by molar-refractivity contribution is 0.285. The maximum absolute atomic E-state index is 6.11. The van der Waals surface area contributed by atoms with E-state index in [1.54, 1.807) is 6.07 Å². The second-order valence-electron chi connectivity index (χ2n) is 4.39. The van der Waals surface area contributed by atoms with E-state index < -0.39 is 0 Å². The van der Waals surface area contributed by atoms with Crippen molar-refractivity contribution in [3.63, 3.8) is 0 Å². The highest BCUT2D eigenvalue weighted by molar-refractivity contribution is 6.36. The summed E-state index contributed by atoms with van der Waals surface area (Å²) in [6, 6.07) is 5.54. The summed E-state index contributed by atoms with van der Waals surface area (Å²) in [6.45, 7) is 8.69. The second-order valence-corrected chi connectivity index (χ2v) is 5.24. The summed E-state index contributed by atoms with van der Waals surface area (Å²) in [6.07, 6.45) is 2.39. The first-order valence-electron chi connectivity index (χ1n) is 6.58. The van der Waals surface area contributed by atoms with Crippen LogP contribution < -0.4 is 5.32 Å². The molecule has 1 rings (SSSR count). The first kappa shape index (κ1) is 15.6.